The lowest BCUT2D eigenvalue weighted by atomic mass is 9.76. The van der Waals surface area contributed by atoms with Crippen molar-refractivity contribution in [3.05, 3.63) is 11.8 Å². The normalized spacial score (nSPS) is 14.8. The molecule has 2 atom stereocenters. The van der Waals surface area contributed by atoms with Gasteiger partial charge in [-0.3, -0.25) is 4.79 Å². The predicted molar refractivity (Wildman–Crippen MR) is 131 cm³/mol. The van der Waals surface area contributed by atoms with Crippen LogP contribution in [0.3, 0.4) is 0 Å². The van der Waals surface area contributed by atoms with Crippen LogP contribution in [-0.2, 0) is 9.53 Å². The first-order chi connectivity index (χ1) is 13.9. The van der Waals surface area contributed by atoms with Gasteiger partial charge in [0.25, 0.3) is 0 Å². The van der Waals surface area contributed by atoms with Gasteiger partial charge >= 0.3 is 12.0 Å². The third kappa shape index (κ3) is 11.1. The molecule has 0 aliphatic heterocycles. The number of methoxy groups -OCH3 is 1. The first kappa shape index (κ1) is 29.5. The zero-order valence-corrected chi connectivity index (χ0v) is 23.6. The van der Waals surface area contributed by atoms with E-state index in [1.165, 1.54) is 7.11 Å². The fraction of sp³-hybridized carbons (Fsp3) is 0.773. The van der Waals surface area contributed by atoms with E-state index in [-0.39, 0.29) is 5.97 Å². The highest BCUT2D eigenvalue weighted by Crippen LogP contribution is 2.33. The predicted octanol–water partition coefficient (Wildman–Crippen LogP) is 5.20. The Labute approximate surface area is 191 Å². The van der Waals surface area contributed by atoms with E-state index < -0.39 is 28.2 Å². The molecule has 0 aliphatic carbocycles. The van der Waals surface area contributed by atoms with Gasteiger partial charge in [-0.2, -0.15) is 4.98 Å². The topological polar surface area (TPSA) is 90.8 Å². The Morgan fingerprint density at radius 2 is 1.65 bits per heavy atom. The van der Waals surface area contributed by atoms with E-state index in [1.54, 1.807) is 13.1 Å². The lowest BCUT2D eigenvalue weighted by Gasteiger charge is -2.32. The number of hydrogen-bond donors (Lipinski definition) is 1. The molecular formula is C22H44N2O5Si2. The summed E-state index contributed by atoms with van der Waals surface area (Å²) < 4.78 is 16.4. The summed E-state index contributed by atoms with van der Waals surface area (Å²) in [6, 6.07) is 0.433. The molecule has 1 aromatic heterocycles. The molecule has 0 radical (unpaired) electrons. The summed E-state index contributed by atoms with van der Waals surface area (Å²) in [5, 5.41) is 9.83. The Morgan fingerprint density at radius 1 is 1.13 bits per heavy atom. The van der Waals surface area contributed by atoms with Crippen LogP contribution in [0.4, 0.5) is 0 Å². The molecule has 0 saturated heterocycles. The van der Waals surface area contributed by atoms with Crippen LogP contribution in [0.15, 0.2) is 6.20 Å². The van der Waals surface area contributed by atoms with Crippen LogP contribution in [-0.4, -0.2) is 50.9 Å². The van der Waals surface area contributed by atoms with Crippen molar-refractivity contribution in [2.75, 3.05) is 7.11 Å². The number of carbonyl (C=O) groups excluding carboxylic acids is 1. The molecule has 0 fully saturated rings. The molecule has 1 aromatic rings. The van der Waals surface area contributed by atoms with Gasteiger partial charge < -0.3 is 18.7 Å². The Bertz CT molecular complexity index is 702. The lowest BCUT2D eigenvalue weighted by molar-refractivity contribution is -0.160. The van der Waals surface area contributed by atoms with Crippen LogP contribution >= 0.6 is 0 Å². The smallest absolute Gasteiger partial charge is 0.314 e. The van der Waals surface area contributed by atoms with Crippen LogP contribution in [0.2, 0.25) is 39.3 Å². The molecule has 2 unspecified atom stereocenters. The molecule has 31 heavy (non-hydrogen) atoms. The summed E-state index contributed by atoms with van der Waals surface area (Å²) in [5.41, 5.74) is 0.188. The molecule has 7 nitrogen and oxygen atoms in total. The number of aliphatic hydroxyl groups is 1. The summed E-state index contributed by atoms with van der Waals surface area (Å²) >= 11 is 0. The first-order valence-electron chi connectivity index (χ1n) is 10.9. The van der Waals surface area contributed by atoms with Crippen molar-refractivity contribution in [3.8, 4) is 11.9 Å². The Kier molecular flexibility index (Phi) is 11.4. The van der Waals surface area contributed by atoms with E-state index in [1.807, 2.05) is 27.7 Å². The maximum Gasteiger partial charge on any atom is 0.314 e. The van der Waals surface area contributed by atoms with Gasteiger partial charge in [-0.25, -0.2) is 4.98 Å². The Balaban J connectivity index is 0.000000594. The van der Waals surface area contributed by atoms with Crippen LogP contribution in [0, 0.1) is 18.3 Å². The zero-order valence-electron chi connectivity index (χ0n) is 21.6. The highest BCUT2D eigenvalue weighted by Gasteiger charge is 2.41. The largest absolute Gasteiger partial charge is 0.531 e. The first-order valence-corrected chi connectivity index (χ1v) is 17.7. The molecule has 1 N–H and O–H groups in total. The molecule has 1 heterocycles. The van der Waals surface area contributed by atoms with Gasteiger partial charge in [-0.15, -0.1) is 0 Å². The number of aliphatic hydroxyl groups excluding tert-OH is 1. The zero-order chi connectivity index (χ0) is 24.6. The van der Waals surface area contributed by atoms with Gasteiger partial charge in [0.1, 0.15) is 0 Å². The molecule has 9 heteroatoms. The van der Waals surface area contributed by atoms with Gasteiger partial charge in [0.05, 0.1) is 18.6 Å². The van der Waals surface area contributed by atoms with Gasteiger partial charge in [0, 0.05) is 11.8 Å². The van der Waals surface area contributed by atoms with Crippen molar-refractivity contribution in [1.82, 2.24) is 9.97 Å². The number of esters is 1. The van der Waals surface area contributed by atoms with E-state index in [4.69, 9.17) is 13.6 Å². The van der Waals surface area contributed by atoms with Crippen LogP contribution in [0.5, 0.6) is 11.9 Å². The monoisotopic (exact) mass is 472 g/mol. The molecule has 0 bridgehead atoms. The molecule has 0 saturated carbocycles. The average molecular weight is 473 g/mol. The maximum atomic E-state index is 11.6. The lowest BCUT2D eigenvalue weighted by Crippen LogP contribution is -2.41. The minimum Gasteiger partial charge on any atom is -0.531 e. The van der Waals surface area contributed by atoms with Crippen molar-refractivity contribution in [3.63, 3.8) is 0 Å². The molecule has 0 spiro atoms. The highest BCUT2D eigenvalue weighted by atomic mass is 28.4. The van der Waals surface area contributed by atoms with E-state index in [9.17, 15) is 9.90 Å². The fourth-order valence-corrected chi connectivity index (χ4v) is 4.45. The maximum absolute atomic E-state index is 11.6. The number of rotatable bonds is 9. The second-order valence-corrected chi connectivity index (χ2v) is 19.4. The number of aromatic nitrogens is 2. The summed E-state index contributed by atoms with van der Waals surface area (Å²) in [6.45, 7) is 22.4. The molecular weight excluding hydrogens is 428 g/mol. The van der Waals surface area contributed by atoms with E-state index in [0.717, 1.165) is 5.56 Å². The molecule has 180 valence electrons. The molecule has 1 rings (SSSR count). The number of aryl methyl sites for hydroxylation is 1. The van der Waals surface area contributed by atoms with E-state index >= 15 is 0 Å². The van der Waals surface area contributed by atoms with Crippen LogP contribution in [0.1, 0.15) is 46.1 Å². The SMILES string of the molecule is CCC(O)C(C)(CC(C)C)C(=O)OC.Cc1cnc(O[Si](C)(C)C)nc1O[Si](C)(C)C. The van der Waals surface area contributed by atoms with Crippen molar-refractivity contribution >= 4 is 22.6 Å². The van der Waals surface area contributed by atoms with Crippen molar-refractivity contribution in [1.29, 1.82) is 0 Å². The highest BCUT2D eigenvalue weighted by molar-refractivity contribution is 6.70. The molecule has 0 amide bonds. The second kappa shape index (κ2) is 12.0. The third-order valence-electron chi connectivity index (χ3n) is 4.31. The Hall–Kier alpha value is -1.46. The summed E-state index contributed by atoms with van der Waals surface area (Å²) in [5.74, 6) is 0.702. The minimum absolute atomic E-state index is 0.319. The third-order valence-corrected chi connectivity index (χ3v) is 5.91. The van der Waals surface area contributed by atoms with Gasteiger partial charge in [0.15, 0.2) is 0 Å². The van der Waals surface area contributed by atoms with Crippen molar-refractivity contribution in [2.45, 2.75) is 92.8 Å². The quantitative estimate of drug-likeness (QED) is 0.390. The van der Waals surface area contributed by atoms with Crippen LogP contribution < -0.4 is 8.85 Å². The number of hydrogen-bond acceptors (Lipinski definition) is 7. The van der Waals surface area contributed by atoms with E-state index in [0.29, 0.717) is 30.7 Å². The average Bonchev–Trinajstić information content (AvgIpc) is 2.60. The standard InChI is InChI=1S/C11H22N2O2Si2.C11H22O3/c1-9-8-12-11(15-17(5,6)7)13-10(9)14-16(2,3)4;1-6-9(12)11(4,7-8(2)3)10(13)14-5/h8H,1-7H3;8-9,12H,6-7H2,1-5H3. The number of nitrogens with zero attached hydrogens (tertiary/aromatic N) is 2. The summed E-state index contributed by atoms with van der Waals surface area (Å²) in [6.07, 6.45) is 2.35. The minimum atomic E-state index is -1.67. The molecule has 0 aromatic carbocycles. The van der Waals surface area contributed by atoms with Gasteiger partial charge in [-0.05, 0) is 71.9 Å². The summed E-state index contributed by atoms with van der Waals surface area (Å²) in [4.78, 5) is 20.1. The second-order valence-electron chi connectivity index (χ2n) is 10.5. The van der Waals surface area contributed by atoms with Gasteiger partial charge in [0.2, 0.25) is 22.5 Å². The van der Waals surface area contributed by atoms with E-state index in [2.05, 4.69) is 49.3 Å². The number of carbonyl (C=O) groups is 1. The van der Waals surface area contributed by atoms with Gasteiger partial charge in [-0.1, -0.05) is 20.8 Å². The van der Waals surface area contributed by atoms with Crippen LogP contribution in [0.25, 0.3) is 0 Å². The van der Waals surface area contributed by atoms with Crippen molar-refractivity contribution < 1.29 is 23.5 Å². The Morgan fingerprint density at radius 3 is 2.03 bits per heavy atom. The van der Waals surface area contributed by atoms with Crippen molar-refractivity contribution in [2.24, 2.45) is 11.3 Å². The molecule has 0 aliphatic rings. The fourth-order valence-electron chi connectivity index (χ4n) is 3.01. The summed E-state index contributed by atoms with van der Waals surface area (Å²) in [7, 11) is -1.95. The number of ether oxygens (including phenoxy) is 1.